The van der Waals surface area contributed by atoms with Gasteiger partial charge in [-0.25, -0.2) is 4.79 Å². The Morgan fingerprint density at radius 1 is 0.947 bits per heavy atom. The van der Waals surface area contributed by atoms with E-state index >= 15 is 0 Å². The van der Waals surface area contributed by atoms with Crippen LogP contribution in [0.15, 0.2) is 10.6 Å². The molecular weight excluding hydrogens is 312 g/mol. The first-order chi connectivity index (χ1) is 8.44. The van der Waals surface area contributed by atoms with Crippen LogP contribution >= 0.6 is 15.9 Å². The molecule has 0 unspecified atom stereocenters. The molecule has 0 N–H and O–H groups in total. The van der Waals surface area contributed by atoms with Gasteiger partial charge in [-0.3, -0.25) is 4.79 Å². The number of hydrogen-bond acceptors (Lipinski definition) is 4. The average Bonchev–Trinajstić information content (AvgIpc) is 2.12. The van der Waals surface area contributed by atoms with Crippen molar-refractivity contribution in [2.75, 3.05) is 0 Å². The van der Waals surface area contributed by atoms with Crippen molar-refractivity contribution < 1.29 is 19.1 Å². The summed E-state index contributed by atoms with van der Waals surface area (Å²) in [6.07, 6.45) is 0.434. The number of ether oxygens (including phenoxy) is 2. The highest BCUT2D eigenvalue weighted by molar-refractivity contribution is 9.11. The van der Waals surface area contributed by atoms with Crippen LogP contribution in [0.1, 0.15) is 54.4 Å². The molecule has 0 bridgehead atoms. The third-order valence-electron chi connectivity index (χ3n) is 1.81. The van der Waals surface area contributed by atoms with Crippen molar-refractivity contribution in [3.05, 3.63) is 10.6 Å². The molecule has 0 saturated heterocycles. The Hall–Kier alpha value is -0.840. The van der Waals surface area contributed by atoms with Crippen LogP contribution in [0.4, 0.5) is 0 Å². The van der Waals surface area contributed by atoms with Gasteiger partial charge in [-0.15, -0.1) is 0 Å². The molecule has 110 valence electrons. The molecule has 0 aliphatic carbocycles. The molecule has 4 nitrogen and oxygen atoms in total. The molecule has 0 aliphatic heterocycles. The zero-order valence-electron chi connectivity index (χ0n) is 12.5. The quantitative estimate of drug-likeness (QED) is 0.580. The maximum absolute atomic E-state index is 11.8. The van der Waals surface area contributed by atoms with Crippen molar-refractivity contribution in [3.63, 3.8) is 0 Å². The Morgan fingerprint density at radius 2 is 1.42 bits per heavy atom. The van der Waals surface area contributed by atoms with Gasteiger partial charge in [-0.05, 0) is 52.9 Å². The molecule has 0 radical (unpaired) electrons. The lowest BCUT2D eigenvalue weighted by Crippen LogP contribution is -2.26. The summed E-state index contributed by atoms with van der Waals surface area (Å²) < 4.78 is 10.4. The Morgan fingerprint density at radius 3 is 1.79 bits per heavy atom. The Bertz CT molecular complexity index is 359. The molecule has 0 aromatic carbocycles. The molecule has 0 atom stereocenters. The van der Waals surface area contributed by atoms with Crippen LogP contribution in [0.3, 0.4) is 0 Å². The van der Waals surface area contributed by atoms with E-state index in [0.717, 1.165) is 0 Å². The number of carbonyl (C=O) groups is 2. The molecule has 0 fully saturated rings. The van der Waals surface area contributed by atoms with Crippen molar-refractivity contribution in [2.24, 2.45) is 0 Å². The highest BCUT2D eigenvalue weighted by atomic mass is 79.9. The Labute approximate surface area is 123 Å². The van der Waals surface area contributed by atoms with Crippen molar-refractivity contribution >= 4 is 27.9 Å². The van der Waals surface area contributed by atoms with E-state index in [-0.39, 0.29) is 18.8 Å². The minimum atomic E-state index is -0.551. The molecule has 0 rings (SSSR count). The van der Waals surface area contributed by atoms with E-state index in [4.69, 9.17) is 9.47 Å². The zero-order valence-corrected chi connectivity index (χ0v) is 14.1. The second kappa shape index (κ2) is 7.08. The minimum Gasteiger partial charge on any atom is -0.460 e. The van der Waals surface area contributed by atoms with Gasteiger partial charge >= 0.3 is 11.9 Å². The van der Waals surface area contributed by atoms with E-state index in [9.17, 15) is 9.59 Å². The van der Waals surface area contributed by atoms with Crippen LogP contribution in [0.25, 0.3) is 0 Å². The summed E-state index contributed by atoms with van der Waals surface area (Å²) >= 11 is 3.12. The number of halogens is 1. The number of esters is 2. The van der Waals surface area contributed by atoms with Crippen molar-refractivity contribution in [3.8, 4) is 0 Å². The van der Waals surface area contributed by atoms with Crippen LogP contribution in [0.2, 0.25) is 0 Å². The first kappa shape index (κ1) is 18.2. The number of carbonyl (C=O) groups excluding carboxylic acids is 2. The summed E-state index contributed by atoms with van der Waals surface area (Å²) in [5, 5.41) is 0. The van der Waals surface area contributed by atoms with Gasteiger partial charge in [0.25, 0.3) is 0 Å². The summed E-state index contributed by atoms with van der Waals surface area (Å²) in [4.78, 5) is 24.9. The Balaban J connectivity index is 4.37. The van der Waals surface area contributed by atoms with Gasteiger partial charge < -0.3 is 9.47 Å². The maximum Gasteiger partial charge on any atom is 0.335 e. The second-order valence-electron chi connectivity index (χ2n) is 6.22. The van der Waals surface area contributed by atoms with Gasteiger partial charge in [0, 0.05) is 12.0 Å². The summed E-state index contributed by atoms with van der Waals surface area (Å²) in [7, 11) is 0. The zero-order chi connectivity index (χ0) is 15.3. The predicted octanol–water partition coefficient (Wildman–Crippen LogP) is 3.73. The van der Waals surface area contributed by atoms with Gasteiger partial charge in [0.15, 0.2) is 0 Å². The van der Waals surface area contributed by atoms with Crippen molar-refractivity contribution in [2.45, 2.75) is 65.6 Å². The molecule has 0 spiro atoms. The number of hydrogen-bond donors (Lipinski definition) is 0. The first-order valence-electron chi connectivity index (χ1n) is 6.19. The van der Waals surface area contributed by atoms with Gasteiger partial charge in [-0.2, -0.15) is 0 Å². The Kier molecular flexibility index (Phi) is 6.77. The van der Waals surface area contributed by atoms with E-state index in [1.54, 1.807) is 41.5 Å². The molecule has 0 aromatic rings. The minimum absolute atomic E-state index is 0.147. The van der Waals surface area contributed by atoms with Gasteiger partial charge in [0.2, 0.25) is 0 Å². The summed E-state index contributed by atoms with van der Waals surface area (Å²) in [5.41, 5.74) is -0.647. The van der Waals surface area contributed by atoms with Crippen LogP contribution in [0, 0.1) is 0 Å². The van der Waals surface area contributed by atoms with E-state index in [1.165, 1.54) is 4.99 Å². The number of rotatable bonds is 4. The topological polar surface area (TPSA) is 52.6 Å². The summed E-state index contributed by atoms with van der Waals surface area (Å²) in [5.74, 6) is -0.754. The molecule has 0 amide bonds. The van der Waals surface area contributed by atoms with E-state index in [0.29, 0.717) is 5.57 Å². The van der Waals surface area contributed by atoms with Gasteiger partial charge in [0.1, 0.15) is 11.2 Å². The average molecular weight is 335 g/mol. The fraction of sp³-hybridized carbons (Fsp3) is 0.714. The molecule has 0 saturated carbocycles. The van der Waals surface area contributed by atoms with E-state index in [1.807, 2.05) is 0 Å². The van der Waals surface area contributed by atoms with Crippen LogP contribution in [-0.2, 0) is 19.1 Å². The molecule has 0 aromatic heterocycles. The lowest BCUT2D eigenvalue weighted by Gasteiger charge is -2.21. The smallest absolute Gasteiger partial charge is 0.335 e. The lowest BCUT2D eigenvalue weighted by molar-refractivity contribution is -0.154. The third kappa shape index (κ3) is 9.70. The normalized spacial score (nSPS) is 13.1. The summed E-state index contributed by atoms with van der Waals surface area (Å²) in [6.45, 7) is 10.8. The van der Waals surface area contributed by atoms with Crippen molar-refractivity contribution in [1.82, 2.24) is 0 Å². The fourth-order valence-corrected chi connectivity index (χ4v) is 1.59. The standard InChI is InChI=1S/C14H23BrO4/c1-13(2,3)18-11(16)8-7-10(9-15)12(17)19-14(4,5)6/h9H,7-8H2,1-6H3. The van der Waals surface area contributed by atoms with Gasteiger partial charge in [-0.1, -0.05) is 15.9 Å². The van der Waals surface area contributed by atoms with Crippen molar-refractivity contribution in [1.29, 1.82) is 0 Å². The molecular formula is C14H23BrO4. The van der Waals surface area contributed by atoms with Crippen LogP contribution in [-0.4, -0.2) is 23.1 Å². The predicted molar refractivity (Wildman–Crippen MR) is 77.9 cm³/mol. The maximum atomic E-state index is 11.8. The largest absolute Gasteiger partial charge is 0.460 e. The highest BCUT2D eigenvalue weighted by Gasteiger charge is 2.21. The van der Waals surface area contributed by atoms with Crippen LogP contribution < -0.4 is 0 Å². The van der Waals surface area contributed by atoms with E-state index in [2.05, 4.69) is 15.9 Å². The lowest BCUT2D eigenvalue weighted by atomic mass is 10.1. The highest BCUT2D eigenvalue weighted by Crippen LogP contribution is 2.17. The van der Waals surface area contributed by atoms with Gasteiger partial charge in [0.05, 0.1) is 0 Å². The summed E-state index contributed by atoms with van der Waals surface area (Å²) in [6, 6.07) is 0. The van der Waals surface area contributed by atoms with E-state index < -0.39 is 17.2 Å². The van der Waals surface area contributed by atoms with Crippen LogP contribution in [0.5, 0.6) is 0 Å². The third-order valence-corrected chi connectivity index (χ3v) is 2.36. The molecule has 5 heteroatoms. The molecule has 0 heterocycles. The SMILES string of the molecule is CC(C)(C)OC(=O)CCC(=CBr)C(=O)OC(C)(C)C. The second-order valence-corrected chi connectivity index (χ2v) is 6.68. The monoisotopic (exact) mass is 334 g/mol. The molecule has 19 heavy (non-hydrogen) atoms. The fourth-order valence-electron chi connectivity index (χ4n) is 1.17. The molecule has 0 aliphatic rings. The first-order valence-corrected chi connectivity index (χ1v) is 7.10.